The lowest BCUT2D eigenvalue weighted by Gasteiger charge is -2.35. The summed E-state index contributed by atoms with van der Waals surface area (Å²) in [4.78, 5) is 41.7. The van der Waals surface area contributed by atoms with E-state index in [4.69, 9.17) is 10.5 Å². The van der Waals surface area contributed by atoms with Gasteiger partial charge in [-0.3, -0.25) is 14.6 Å². The maximum absolute atomic E-state index is 13.4. The van der Waals surface area contributed by atoms with Crippen LogP contribution in [0.3, 0.4) is 0 Å². The highest BCUT2D eigenvalue weighted by molar-refractivity contribution is 7.90. The van der Waals surface area contributed by atoms with Crippen molar-refractivity contribution in [2.24, 2.45) is 16.1 Å². The number of sulfonamides is 1. The van der Waals surface area contributed by atoms with Gasteiger partial charge >= 0.3 is 5.97 Å². The number of benzene rings is 1. The molecule has 1 aliphatic rings. The smallest absolute Gasteiger partial charge is 0.326 e. The molecule has 0 saturated carbocycles. The van der Waals surface area contributed by atoms with Crippen LogP contribution < -0.4 is 26.1 Å². The molecule has 0 bridgehead atoms. The van der Waals surface area contributed by atoms with Crippen LogP contribution in [0.2, 0.25) is 0 Å². The largest absolute Gasteiger partial charge is 0.487 e. The average molecular weight is 632 g/mol. The number of pyridine rings is 1. The molecule has 0 radical (unpaired) electrons. The van der Waals surface area contributed by atoms with Gasteiger partial charge in [0.25, 0.3) is 21.5 Å². The number of carboxylic acids is 1. The predicted octanol–water partition coefficient (Wildman–Crippen LogP) is 3.18. The number of fused-ring (bicyclic) bond motifs is 1. The molecular weight excluding hydrogens is 586 g/mol. The van der Waals surface area contributed by atoms with Gasteiger partial charge in [-0.25, -0.2) is 17.9 Å². The molecule has 13 heteroatoms. The number of carboxylic acid groups (broad SMARTS) is 1. The van der Waals surface area contributed by atoms with Gasteiger partial charge < -0.3 is 25.5 Å². The Hall–Kier alpha value is -3.87. The molecule has 5 N–H and O–H groups in total. The summed E-state index contributed by atoms with van der Waals surface area (Å²) in [5.74, 6) is -1.68. The Morgan fingerprint density at radius 2 is 1.84 bits per heavy atom. The van der Waals surface area contributed by atoms with E-state index in [-0.39, 0.29) is 46.8 Å². The van der Waals surface area contributed by atoms with E-state index in [1.54, 1.807) is 26.1 Å². The molecule has 0 fully saturated rings. The van der Waals surface area contributed by atoms with Gasteiger partial charge in [0.15, 0.2) is 0 Å². The molecule has 0 saturated heterocycles. The highest BCUT2D eigenvalue weighted by atomic mass is 32.2. The summed E-state index contributed by atoms with van der Waals surface area (Å²) in [6.45, 7) is 15.6. The van der Waals surface area contributed by atoms with Crippen molar-refractivity contribution < 1.29 is 27.9 Å². The number of nitrogens with zero attached hydrogens (tertiary/aromatic N) is 2. The molecule has 0 aliphatic carbocycles. The number of hydrogen-bond acceptors (Lipinski definition) is 7. The number of aliphatic imine (C=N–C) groups is 1. The summed E-state index contributed by atoms with van der Waals surface area (Å²) >= 11 is 0. The summed E-state index contributed by atoms with van der Waals surface area (Å²) in [6.07, 6.45) is 3.16. The Balaban J connectivity index is 1.67. The minimum absolute atomic E-state index is 0.00182. The molecule has 12 nitrogen and oxygen atoms in total. The van der Waals surface area contributed by atoms with Gasteiger partial charge in [-0.1, -0.05) is 20.8 Å². The van der Waals surface area contributed by atoms with Crippen molar-refractivity contribution in [1.29, 1.82) is 0 Å². The number of carbonyl (C=O) groups is 2. The van der Waals surface area contributed by atoms with Gasteiger partial charge in [0.05, 0.1) is 4.90 Å². The SMILES string of the molecule is Cc1c(C)c(S(=O)(=O)NC(N)=NCCC[C@H](NC(=O)c2cccn(CC(C)(C)C)c2=O)C(=O)O)c(C)c2c1OC(C)(C)CC2. The number of nitrogens with two attached hydrogens (primary N) is 1. The highest BCUT2D eigenvalue weighted by Crippen LogP contribution is 2.42. The molecule has 0 unspecified atom stereocenters. The fourth-order valence-corrected chi connectivity index (χ4v) is 6.83. The van der Waals surface area contributed by atoms with E-state index in [1.165, 1.54) is 10.6 Å². The van der Waals surface area contributed by atoms with Crippen molar-refractivity contribution in [3.63, 3.8) is 0 Å². The lowest BCUT2D eigenvalue weighted by atomic mass is 9.88. The van der Waals surface area contributed by atoms with Crippen molar-refractivity contribution in [1.82, 2.24) is 14.6 Å². The van der Waals surface area contributed by atoms with E-state index >= 15 is 0 Å². The Kier molecular flexibility index (Phi) is 10.2. The summed E-state index contributed by atoms with van der Waals surface area (Å²) in [5, 5.41) is 12.1. The van der Waals surface area contributed by atoms with E-state index in [0.29, 0.717) is 24.1 Å². The lowest BCUT2D eigenvalue weighted by Crippen LogP contribution is -2.43. The quantitative estimate of drug-likeness (QED) is 0.175. The van der Waals surface area contributed by atoms with Crippen LogP contribution in [-0.4, -0.2) is 54.1 Å². The van der Waals surface area contributed by atoms with Crippen LogP contribution in [0.15, 0.2) is 33.0 Å². The standard InChI is InChI=1S/C31H45N5O7S/c1-18-19(2)25(20(3)21-13-14-31(7,8)43-24(18)21)44(41,42)35-29(32)33-15-9-12-23(28(39)40)34-26(37)22-11-10-16-36(27(22)38)17-30(4,5)6/h10-11,16,23H,9,12-15,17H2,1-8H3,(H,34,37)(H,39,40)(H3,32,33,35)/t23-/m0/s1. The first-order chi connectivity index (χ1) is 20.2. The van der Waals surface area contributed by atoms with E-state index in [1.807, 2.05) is 41.5 Å². The van der Waals surface area contributed by atoms with Crippen molar-refractivity contribution in [3.8, 4) is 5.75 Å². The second-order valence-corrected chi connectivity index (χ2v) is 14.8. The second-order valence-electron chi connectivity index (χ2n) is 13.2. The minimum atomic E-state index is -4.08. The molecule has 1 amide bonds. The maximum atomic E-state index is 13.4. The fourth-order valence-electron chi connectivity index (χ4n) is 5.31. The van der Waals surface area contributed by atoms with Crippen LogP contribution >= 0.6 is 0 Å². The average Bonchev–Trinajstić information content (AvgIpc) is 2.88. The number of amides is 1. The third-order valence-corrected chi connectivity index (χ3v) is 9.25. The van der Waals surface area contributed by atoms with Crippen molar-refractivity contribution in [2.75, 3.05) is 6.54 Å². The van der Waals surface area contributed by atoms with Crippen LogP contribution in [-0.2, 0) is 27.8 Å². The Labute approximate surface area is 259 Å². The van der Waals surface area contributed by atoms with Gasteiger partial charge in [-0.2, -0.15) is 0 Å². The van der Waals surface area contributed by atoms with E-state index < -0.39 is 33.5 Å². The molecule has 2 aromatic rings. The molecular formula is C31H45N5O7S. The monoisotopic (exact) mass is 631 g/mol. The first kappa shape index (κ1) is 34.6. The minimum Gasteiger partial charge on any atom is -0.487 e. The number of carbonyl (C=O) groups excluding carboxylic acids is 1. The zero-order valence-corrected chi connectivity index (χ0v) is 27.6. The summed E-state index contributed by atoms with van der Waals surface area (Å²) < 4.78 is 36.7. The summed E-state index contributed by atoms with van der Waals surface area (Å²) in [5.41, 5.74) is 7.48. The van der Waals surface area contributed by atoms with Crippen LogP contribution in [0.1, 0.15) is 86.5 Å². The topological polar surface area (TPSA) is 182 Å². The number of guanidine groups is 1. The first-order valence-electron chi connectivity index (χ1n) is 14.6. The Bertz CT molecular complexity index is 1640. The molecule has 44 heavy (non-hydrogen) atoms. The van der Waals surface area contributed by atoms with Crippen LogP contribution in [0.25, 0.3) is 0 Å². The molecule has 1 aromatic heterocycles. The van der Waals surface area contributed by atoms with Crippen LogP contribution in [0, 0.1) is 26.2 Å². The van der Waals surface area contributed by atoms with E-state index in [2.05, 4.69) is 15.0 Å². The normalized spacial score (nSPS) is 15.6. The molecule has 1 atom stereocenters. The Morgan fingerprint density at radius 1 is 1.18 bits per heavy atom. The van der Waals surface area contributed by atoms with Gasteiger partial charge in [-0.05, 0) is 100 Å². The summed E-state index contributed by atoms with van der Waals surface area (Å²) in [7, 11) is -4.08. The molecule has 1 aliphatic heterocycles. The molecule has 242 valence electrons. The maximum Gasteiger partial charge on any atom is 0.326 e. The fraction of sp³-hybridized carbons (Fsp3) is 0.548. The lowest BCUT2D eigenvalue weighted by molar-refractivity contribution is -0.139. The van der Waals surface area contributed by atoms with Crippen molar-refractivity contribution >= 4 is 27.9 Å². The predicted molar refractivity (Wildman–Crippen MR) is 169 cm³/mol. The third-order valence-electron chi connectivity index (χ3n) is 7.62. The van der Waals surface area contributed by atoms with Crippen LogP contribution in [0.4, 0.5) is 0 Å². The number of rotatable bonds is 10. The number of ether oxygens (including phenoxy) is 1. The third kappa shape index (κ3) is 8.19. The molecule has 0 spiro atoms. The molecule has 2 heterocycles. The zero-order valence-electron chi connectivity index (χ0n) is 26.8. The number of hydrogen-bond donors (Lipinski definition) is 4. The van der Waals surface area contributed by atoms with Gasteiger partial charge in [0.1, 0.15) is 23.0 Å². The van der Waals surface area contributed by atoms with Crippen LogP contribution in [0.5, 0.6) is 5.75 Å². The Morgan fingerprint density at radius 3 is 2.45 bits per heavy atom. The van der Waals surface area contributed by atoms with Crippen molar-refractivity contribution in [2.45, 2.75) is 104 Å². The van der Waals surface area contributed by atoms with Crippen molar-refractivity contribution in [3.05, 3.63) is 56.5 Å². The highest BCUT2D eigenvalue weighted by Gasteiger charge is 2.33. The first-order valence-corrected chi connectivity index (χ1v) is 16.1. The zero-order chi connectivity index (χ0) is 33.2. The van der Waals surface area contributed by atoms with Gasteiger partial charge in [0, 0.05) is 19.3 Å². The number of nitrogens with one attached hydrogen (secondary N) is 2. The number of aromatic nitrogens is 1. The van der Waals surface area contributed by atoms with Gasteiger partial charge in [-0.15, -0.1) is 0 Å². The van der Waals surface area contributed by atoms with Gasteiger partial charge in [0.2, 0.25) is 5.96 Å². The van der Waals surface area contributed by atoms with E-state index in [9.17, 15) is 27.9 Å². The molecule has 3 rings (SSSR count). The summed E-state index contributed by atoms with van der Waals surface area (Å²) in [6, 6.07) is 1.63. The second kappa shape index (κ2) is 13.0. The molecule has 1 aromatic carbocycles. The number of aliphatic carboxylic acids is 1. The van der Waals surface area contributed by atoms with E-state index in [0.717, 1.165) is 23.3 Å².